The number of ether oxygens (including phenoxy) is 1. The number of hydrogen-bond donors (Lipinski definition) is 0. The molecule has 0 aromatic heterocycles. The van der Waals surface area contributed by atoms with Gasteiger partial charge in [-0.3, -0.25) is 0 Å². The Kier molecular flexibility index (Phi) is 1.24. The molecule has 2 heteroatoms. The Morgan fingerprint density at radius 2 is 2.44 bits per heavy atom. The van der Waals surface area contributed by atoms with Crippen LogP contribution in [0.25, 0.3) is 0 Å². The second-order valence-electron chi connectivity index (χ2n) is 3.11. The zero-order valence-electron chi connectivity index (χ0n) is 5.84. The van der Waals surface area contributed by atoms with Crippen molar-refractivity contribution in [3.05, 3.63) is 0 Å². The molecule has 0 aliphatic carbocycles. The lowest BCUT2D eigenvalue weighted by Gasteiger charge is -2.26. The van der Waals surface area contributed by atoms with Gasteiger partial charge in [0, 0.05) is 12.6 Å². The van der Waals surface area contributed by atoms with Crippen molar-refractivity contribution < 1.29 is 4.74 Å². The maximum absolute atomic E-state index is 5.51. The molecule has 0 spiro atoms. The van der Waals surface area contributed by atoms with Crippen molar-refractivity contribution in [3.8, 4) is 0 Å². The lowest BCUT2D eigenvalue weighted by atomic mass is 10.0. The van der Waals surface area contributed by atoms with Gasteiger partial charge in [0.2, 0.25) is 0 Å². The molecule has 2 aliphatic rings. The van der Waals surface area contributed by atoms with Gasteiger partial charge in [-0.15, -0.1) is 0 Å². The highest BCUT2D eigenvalue weighted by atomic mass is 16.5. The van der Waals surface area contributed by atoms with Gasteiger partial charge < -0.3 is 9.64 Å². The van der Waals surface area contributed by atoms with E-state index >= 15 is 0 Å². The molecule has 2 rings (SSSR count). The first-order valence-corrected chi connectivity index (χ1v) is 3.68. The molecule has 0 saturated carbocycles. The first-order valence-electron chi connectivity index (χ1n) is 3.68. The molecule has 0 aromatic rings. The Bertz CT molecular complexity index is 115. The minimum Gasteiger partial charge on any atom is -0.376 e. The molecule has 0 amide bonds. The summed E-state index contributed by atoms with van der Waals surface area (Å²) in [5.41, 5.74) is 0. The summed E-state index contributed by atoms with van der Waals surface area (Å²) in [5, 5.41) is 0. The molecule has 2 atom stereocenters. The van der Waals surface area contributed by atoms with Crippen LogP contribution >= 0.6 is 0 Å². The summed E-state index contributed by atoms with van der Waals surface area (Å²) < 4.78 is 5.51. The van der Waals surface area contributed by atoms with Gasteiger partial charge in [-0.2, -0.15) is 0 Å². The molecular weight excluding hydrogens is 114 g/mol. The van der Waals surface area contributed by atoms with Crippen molar-refractivity contribution in [2.24, 2.45) is 0 Å². The third kappa shape index (κ3) is 0.864. The lowest BCUT2D eigenvalue weighted by molar-refractivity contribution is 0.109. The van der Waals surface area contributed by atoms with Gasteiger partial charge in [0.1, 0.15) is 0 Å². The summed E-state index contributed by atoms with van der Waals surface area (Å²) in [5.74, 6) is 0. The average Bonchev–Trinajstić information content (AvgIpc) is 2.25. The first kappa shape index (κ1) is 5.69. The van der Waals surface area contributed by atoms with Crippen LogP contribution in [0.2, 0.25) is 0 Å². The van der Waals surface area contributed by atoms with Crippen LogP contribution in [0.1, 0.15) is 12.8 Å². The average molecular weight is 127 g/mol. The van der Waals surface area contributed by atoms with Crippen LogP contribution in [-0.2, 0) is 4.74 Å². The fourth-order valence-corrected chi connectivity index (χ4v) is 1.73. The topological polar surface area (TPSA) is 12.5 Å². The van der Waals surface area contributed by atoms with Gasteiger partial charge in [0.25, 0.3) is 0 Å². The van der Waals surface area contributed by atoms with Crippen LogP contribution in [0.3, 0.4) is 0 Å². The lowest BCUT2D eigenvalue weighted by Crippen LogP contribution is -2.36. The van der Waals surface area contributed by atoms with Gasteiger partial charge in [0.05, 0.1) is 12.7 Å². The highest BCUT2D eigenvalue weighted by molar-refractivity contribution is 4.85. The summed E-state index contributed by atoms with van der Waals surface area (Å²) in [6, 6.07) is 0.740. The molecule has 0 aromatic carbocycles. The molecular formula is C7H13NO. The number of fused-ring (bicyclic) bond motifs is 2. The fraction of sp³-hybridized carbons (Fsp3) is 1.00. The van der Waals surface area contributed by atoms with E-state index in [0.717, 1.165) is 12.6 Å². The van der Waals surface area contributed by atoms with Crippen LogP contribution in [0.5, 0.6) is 0 Å². The standard InChI is InChI=1S/C7H13NO/c1-8-3-2-7-4-6(8)5-9-7/h6-7H,2-5H2,1H3. The monoisotopic (exact) mass is 127 g/mol. The van der Waals surface area contributed by atoms with Gasteiger partial charge in [-0.25, -0.2) is 0 Å². The van der Waals surface area contributed by atoms with E-state index in [4.69, 9.17) is 4.74 Å². The first-order chi connectivity index (χ1) is 4.36. The molecule has 9 heavy (non-hydrogen) atoms. The van der Waals surface area contributed by atoms with E-state index < -0.39 is 0 Å². The van der Waals surface area contributed by atoms with Crippen molar-refractivity contribution in [2.45, 2.75) is 25.0 Å². The fourth-order valence-electron chi connectivity index (χ4n) is 1.73. The molecule has 52 valence electrons. The quantitative estimate of drug-likeness (QED) is 0.469. The largest absolute Gasteiger partial charge is 0.376 e. The summed E-state index contributed by atoms with van der Waals surface area (Å²) in [6.07, 6.45) is 3.12. The molecule has 2 saturated heterocycles. The Morgan fingerprint density at radius 1 is 1.56 bits per heavy atom. The summed E-state index contributed by atoms with van der Waals surface area (Å²) in [7, 11) is 2.19. The predicted molar refractivity (Wildman–Crippen MR) is 35.4 cm³/mol. The summed E-state index contributed by atoms with van der Waals surface area (Å²) >= 11 is 0. The molecule has 2 aliphatic heterocycles. The highest BCUT2D eigenvalue weighted by Gasteiger charge is 2.32. The Balaban J connectivity index is 2.05. The van der Waals surface area contributed by atoms with E-state index in [1.54, 1.807) is 0 Å². The number of rotatable bonds is 0. The van der Waals surface area contributed by atoms with Gasteiger partial charge in [-0.05, 0) is 19.9 Å². The van der Waals surface area contributed by atoms with Crippen molar-refractivity contribution in [1.29, 1.82) is 0 Å². The maximum Gasteiger partial charge on any atom is 0.0626 e. The smallest absolute Gasteiger partial charge is 0.0626 e. The summed E-state index contributed by atoms with van der Waals surface area (Å²) in [4.78, 5) is 2.41. The molecule has 2 nitrogen and oxygen atoms in total. The zero-order valence-corrected chi connectivity index (χ0v) is 5.84. The van der Waals surface area contributed by atoms with E-state index in [1.165, 1.54) is 19.4 Å². The van der Waals surface area contributed by atoms with Crippen molar-refractivity contribution >= 4 is 0 Å². The number of piperidine rings is 1. The maximum atomic E-state index is 5.51. The third-order valence-electron chi connectivity index (χ3n) is 2.49. The van der Waals surface area contributed by atoms with E-state index in [0.29, 0.717) is 6.10 Å². The van der Waals surface area contributed by atoms with Crippen LogP contribution < -0.4 is 0 Å². The van der Waals surface area contributed by atoms with Crippen LogP contribution in [0.4, 0.5) is 0 Å². The molecule has 2 heterocycles. The normalized spacial score (nSPS) is 43.7. The van der Waals surface area contributed by atoms with Crippen LogP contribution in [-0.4, -0.2) is 37.2 Å². The molecule has 2 bridgehead atoms. The molecule has 2 unspecified atom stereocenters. The number of likely N-dealkylation sites (tertiary alicyclic amines) is 1. The second kappa shape index (κ2) is 1.96. The van der Waals surface area contributed by atoms with Gasteiger partial charge in [-0.1, -0.05) is 0 Å². The Hall–Kier alpha value is -0.0800. The van der Waals surface area contributed by atoms with Gasteiger partial charge in [0.15, 0.2) is 0 Å². The van der Waals surface area contributed by atoms with Crippen LogP contribution in [0, 0.1) is 0 Å². The van der Waals surface area contributed by atoms with E-state index in [1.807, 2.05) is 0 Å². The second-order valence-corrected chi connectivity index (χ2v) is 3.11. The predicted octanol–water partition coefficient (Wildman–Crippen LogP) is 0.479. The summed E-state index contributed by atoms with van der Waals surface area (Å²) in [6.45, 7) is 2.20. The Morgan fingerprint density at radius 3 is 3.22 bits per heavy atom. The highest BCUT2D eigenvalue weighted by Crippen LogP contribution is 2.25. The SMILES string of the molecule is CN1CCC2CC1CO2. The van der Waals surface area contributed by atoms with Crippen LogP contribution in [0.15, 0.2) is 0 Å². The minimum absolute atomic E-state index is 0.603. The molecule has 2 fully saturated rings. The zero-order chi connectivity index (χ0) is 6.27. The van der Waals surface area contributed by atoms with E-state index in [2.05, 4.69) is 11.9 Å². The number of likely N-dealkylation sites (N-methyl/N-ethyl adjacent to an activating group) is 1. The van der Waals surface area contributed by atoms with E-state index in [-0.39, 0.29) is 0 Å². The minimum atomic E-state index is 0.603. The van der Waals surface area contributed by atoms with Crippen molar-refractivity contribution in [2.75, 3.05) is 20.2 Å². The van der Waals surface area contributed by atoms with Gasteiger partial charge >= 0.3 is 0 Å². The Labute approximate surface area is 55.8 Å². The third-order valence-corrected chi connectivity index (χ3v) is 2.49. The van der Waals surface area contributed by atoms with Crippen molar-refractivity contribution in [3.63, 3.8) is 0 Å². The van der Waals surface area contributed by atoms with Crippen molar-refractivity contribution in [1.82, 2.24) is 4.90 Å². The van der Waals surface area contributed by atoms with E-state index in [9.17, 15) is 0 Å². The number of nitrogens with zero attached hydrogens (tertiary/aromatic N) is 1. The number of hydrogen-bond acceptors (Lipinski definition) is 2. The molecule has 0 radical (unpaired) electrons. The molecule has 0 N–H and O–H groups in total.